The molecule has 0 bridgehead atoms. The molecule has 2 heterocycles. The summed E-state index contributed by atoms with van der Waals surface area (Å²) < 4.78 is 1.87. The fourth-order valence-corrected chi connectivity index (χ4v) is 2.56. The molecule has 0 atom stereocenters. The van der Waals surface area contributed by atoms with Gasteiger partial charge in [-0.05, 0) is 31.5 Å². The van der Waals surface area contributed by atoms with Gasteiger partial charge in [0.1, 0.15) is 0 Å². The van der Waals surface area contributed by atoms with Crippen LogP contribution in [-0.2, 0) is 6.54 Å². The van der Waals surface area contributed by atoms with Crippen molar-refractivity contribution in [3.8, 4) is 0 Å². The molecule has 0 saturated heterocycles. The monoisotopic (exact) mass is 306 g/mol. The van der Waals surface area contributed by atoms with Gasteiger partial charge in [0.2, 0.25) is 0 Å². The van der Waals surface area contributed by atoms with Crippen LogP contribution in [-0.4, -0.2) is 20.7 Å². The number of aryl methyl sites for hydroxylation is 1. The standard InChI is InChI=1S/C18H18N4O/c1-13-17(18(23)20-16-8-10-19-11-9-16)14(2)22(21-13)12-15-6-4-3-5-7-15/h3-11H,12H2,1-2H3,(H,19,20,23). The zero-order valence-electron chi connectivity index (χ0n) is 13.2. The second-order valence-corrected chi connectivity index (χ2v) is 5.38. The molecule has 5 nitrogen and oxygen atoms in total. The quantitative estimate of drug-likeness (QED) is 0.805. The Bertz CT molecular complexity index is 810. The predicted molar refractivity (Wildman–Crippen MR) is 89.4 cm³/mol. The van der Waals surface area contributed by atoms with Crippen LogP contribution in [0.1, 0.15) is 27.3 Å². The molecule has 23 heavy (non-hydrogen) atoms. The topological polar surface area (TPSA) is 59.8 Å². The second-order valence-electron chi connectivity index (χ2n) is 5.38. The van der Waals surface area contributed by atoms with E-state index in [2.05, 4.69) is 15.4 Å². The highest BCUT2D eigenvalue weighted by molar-refractivity contribution is 6.05. The molecule has 0 fully saturated rings. The van der Waals surface area contributed by atoms with Crippen LogP contribution in [0.2, 0.25) is 0 Å². The van der Waals surface area contributed by atoms with Gasteiger partial charge in [-0.15, -0.1) is 0 Å². The lowest BCUT2D eigenvalue weighted by Crippen LogP contribution is -2.14. The summed E-state index contributed by atoms with van der Waals surface area (Å²) in [7, 11) is 0. The zero-order chi connectivity index (χ0) is 16.2. The summed E-state index contributed by atoms with van der Waals surface area (Å²) in [6.07, 6.45) is 3.29. The molecule has 1 aromatic carbocycles. The molecule has 2 aromatic heterocycles. The molecular formula is C18H18N4O. The van der Waals surface area contributed by atoms with E-state index in [0.717, 1.165) is 22.6 Å². The maximum absolute atomic E-state index is 12.5. The van der Waals surface area contributed by atoms with E-state index < -0.39 is 0 Å². The fraction of sp³-hybridized carbons (Fsp3) is 0.167. The van der Waals surface area contributed by atoms with E-state index in [0.29, 0.717) is 12.1 Å². The van der Waals surface area contributed by atoms with E-state index in [1.165, 1.54) is 0 Å². The largest absolute Gasteiger partial charge is 0.322 e. The van der Waals surface area contributed by atoms with Gasteiger partial charge in [0.15, 0.2) is 0 Å². The van der Waals surface area contributed by atoms with Crippen molar-refractivity contribution in [2.75, 3.05) is 5.32 Å². The molecule has 1 N–H and O–H groups in total. The summed E-state index contributed by atoms with van der Waals surface area (Å²) in [6, 6.07) is 13.6. The van der Waals surface area contributed by atoms with Crippen LogP contribution in [0.4, 0.5) is 5.69 Å². The lowest BCUT2D eigenvalue weighted by molar-refractivity contribution is 0.102. The highest BCUT2D eigenvalue weighted by Crippen LogP contribution is 2.17. The van der Waals surface area contributed by atoms with Gasteiger partial charge in [-0.25, -0.2) is 0 Å². The number of benzene rings is 1. The van der Waals surface area contributed by atoms with E-state index in [1.807, 2.05) is 48.9 Å². The molecule has 0 radical (unpaired) electrons. The van der Waals surface area contributed by atoms with Crippen LogP contribution in [0, 0.1) is 13.8 Å². The minimum absolute atomic E-state index is 0.148. The van der Waals surface area contributed by atoms with Gasteiger partial charge in [-0.2, -0.15) is 5.10 Å². The number of hydrogen-bond donors (Lipinski definition) is 1. The van der Waals surface area contributed by atoms with Gasteiger partial charge in [0.05, 0.1) is 17.8 Å². The van der Waals surface area contributed by atoms with E-state index >= 15 is 0 Å². The van der Waals surface area contributed by atoms with Gasteiger partial charge in [0, 0.05) is 23.8 Å². The Balaban J connectivity index is 1.84. The van der Waals surface area contributed by atoms with Crippen molar-refractivity contribution in [3.05, 3.63) is 77.4 Å². The minimum Gasteiger partial charge on any atom is -0.322 e. The molecule has 116 valence electrons. The number of nitrogens with zero attached hydrogens (tertiary/aromatic N) is 3. The predicted octanol–water partition coefficient (Wildman–Crippen LogP) is 3.20. The Morgan fingerprint density at radius 2 is 1.78 bits per heavy atom. The third kappa shape index (κ3) is 3.29. The van der Waals surface area contributed by atoms with Crippen molar-refractivity contribution in [3.63, 3.8) is 0 Å². The number of carbonyl (C=O) groups is 1. The van der Waals surface area contributed by atoms with Gasteiger partial charge in [-0.3, -0.25) is 14.5 Å². The summed E-state index contributed by atoms with van der Waals surface area (Å²) in [5.41, 5.74) is 4.08. The summed E-state index contributed by atoms with van der Waals surface area (Å²) in [6.45, 7) is 4.43. The van der Waals surface area contributed by atoms with Crippen LogP contribution in [0.3, 0.4) is 0 Å². The third-order valence-electron chi connectivity index (χ3n) is 3.72. The Morgan fingerprint density at radius 3 is 2.48 bits per heavy atom. The smallest absolute Gasteiger partial charge is 0.259 e. The summed E-state index contributed by atoms with van der Waals surface area (Å²) in [4.78, 5) is 16.5. The summed E-state index contributed by atoms with van der Waals surface area (Å²) >= 11 is 0. The lowest BCUT2D eigenvalue weighted by Gasteiger charge is -2.07. The molecule has 0 aliphatic heterocycles. The highest BCUT2D eigenvalue weighted by atomic mass is 16.1. The minimum atomic E-state index is -0.148. The number of pyridine rings is 1. The first-order valence-corrected chi connectivity index (χ1v) is 7.44. The number of amides is 1. The molecule has 0 unspecified atom stereocenters. The molecule has 1 amide bonds. The highest BCUT2D eigenvalue weighted by Gasteiger charge is 2.18. The molecule has 3 aromatic rings. The SMILES string of the molecule is Cc1nn(Cc2ccccc2)c(C)c1C(=O)Nc1ccncc1. The lowest BCUT2D eigenvalue weighted by atomic mass is 10.1. The number of nitrogens with one attached hydrogen (secondary N) is 1. The number of carbonyl (C=O) groups excluding carboxylic acids is 1. The average molecular weight is 306 g/mol. The van der Waals surface area contributed by atoms with E-state index in [4.69, 9.17) is 0 Å². The number of anilines is 1. The molecule has 5 heteroatoms. The molecule has 3 rings (SSSR count). The van der Waals surface area contributed by atoms with Crippen LogP contribution in [0.5, 0.6) is 0 Å². The van der Waals surface area contributed by atoms with Crippen LogP contribution >= 0.6 is 0 Å². The molecule has 0 saturated carbocycles. The van der Waals surface area contributed by atoms with Crippen molar-refractivity contribution in [2.45, 2.75) is 20.4 Å². The number of hydrogen-bond acceptors (Lipinski definition) is 3. The maximum Gasteiger partial charge on any atom is 0.259 e. The van der Waals surface area contributed by atoms with Gasteiger partial charge in [-0.1, -0.05) is 30.3 Å². The Kier molecular flexibility index (Phi) is 4.19. The van der Waals surface area contributed by atoms with Crippen molar-refractivity contribution < 1.29 is 4.79 Å². The van der Waals surface area contributed by atoms with Crippen molar-refractivity contribution in [1.82, 2.24) is 14.8 Å². The fourth-order valence-electron chi connectivity index (χ4n) is 2.56. The molecule has 0 aliphatic carbocycles. The van der Waals surface area contributed by atoms with Crippen LogP contribution in [0.15, 0.2) is 54.9 Å². The van der Waals surface area contributed by atoms with Crippen molar-refractivity contribution >= 4 is 11.6 Å². The zero-order valence-corrected chi connectivity index (χ0v) is 13.2. The van der Waals surface area contributed by atoms with Gasteiger partial charge >= 0.3 is 0 Å². The number of aromatic nitrogens is 3. The van der Waals surface area contributed by atoms with Crippen molar-refractivity contribution in [1.29, 1.82) is 0 Å². The Morgan fingerprint density at radius 1 is 1.09 bits per heavy atom. The van der Waals surface area contributed by atoms with E-state index in [1.54, 1.807) is 24.5 Å². The normalized spacial score (nSPS) is 10.5. The van der Waals surface area contributed by atoms with E-state index in [-0.39, 0.29) is 5.91 Å². The summed E-state index contributed by atoms with van der Waals surface area (Å²) in [5, 5.41) is 7.40. The molecular weight excluding hydrogens is 288 g/mol. The third-order valence-corrected chi connectivity index (χ3v) is 3.72. The van der Waals surface area contributed by atoms with Crippen LogP contribution < -0.4 is 5.32 Å². The first-order valence-electron chi connectivity index (χ1n) is 7.44. The first-order chi connectivity index (χ1) is 11.1. The van der Waals surface area contributed by atoms with Gasteiger partial charge in [0.25, 0.3) is 5.91 Å². The average Bonchev–Trinajstić information content (AvgIpc) is 2.83. The second kappa shape index (κ2) is 6.44. The Hall–Kier alpha value is -2.95. The van der Waals surface area contributed by atoms with Crippen LogP contribution in [0.25, 0.3) is 0 Å². The molecule has 0 spiro atoms. The molecule has 0 aliphatic rings. The van der Waals surface area contributed by atoms with Gasteiger partial charge < -0.3 is 5.32 Å². The van der Waals surface area contributed by atoms with E-state index in [9.17, 15) is 4.79 Å². The number of rotatable bonds is 4. The van der Waals surface area contributed by atoms with Crippen molar-refractivity contribution in [2.24, 2.45) is 0 Å². The maximum atomic E-state index is 12.5. The summed E-state index contributed by atoms with van der Waals surface area (Å²) in [5.74, 6) is -0.148. The Labute approximate surface area is 135 Å². The first kappa shape index (κ1) is 15.0.